The van der Waals surface area contributed by atoms with Gasteiger partial charge in [-0.1, -0.05) is 15.9 Å². The Labute approximate surface area is 169 Å². The molecule has 3 rings (SSSR count). The third-order valence-electron chi connectivity index (χ3n) is 4.35. The molecule has 0 bridgehead atoms. The number of methoxy groups -OCH3 is 1. The molecule has 0 aromatic heterocycles. The molecule has 2 atom stereocenters. The maximum Gasteiger partial charge on any atom is 0.354 e. The van der Waals surface area contributed by atoms with E-state index >= 15 is 0 Å². The lowest BCUT2D eigenvalue weighted by atomic mass is 10.0. The first kappa shape index (κ1) is 20.3. The average molecular weight is 473 g/mol. The van der Waals surface area contributed by atoms with Gasteiger partial charge in [0, 0.05) is 4.47 Å². The Hall–Kier alpha value is -2.40. The first-order valence-electron chi connectivity index (χ1n) is 8.16. The van der Waals surface area contributed by atoms with E-state index < -0.39 is 51.4 Å². The number of hydrogen-bond acceptors (Lipinski definition) is 7. The molecule has 1 saturated heterocycles. The van der Waals surface area contributed by atoms with Crippen LogP contribution in [0.5, 0.6) is 5.75 Å². The normalized spacial score (nSPS) is 22.8. The van der Waals surface area contributed by atoms with Gasteiger partial charge < -0.3 is 14.8 Å². The number of hydrogen-bond donors (Lipinski definition) is 1. The fourth-order valence-corrected chi connectivity index (χ4v) is 5.43. The summed E-state index contributed by atoms with van der Waals surface area (Å²) >= 11 is 3.28. The van der Waals surface area contributed by atoms with Gasteiger partial charge in [0.15, 0.2) is 21.8 Å². The third-order valence-corrected chi connectivity index (χ3v) is 6.94. The molecule has 2 amide bonds. The largest absolute Gasteiger partial charge is 0.484 e. The van der Waals surface area contributed by atoms with Gasteiger partial charge in [0.2, 0.25) is 0 Å². The van der Waals surface area contributed by atoms with Gasteiger partial charge in [0.05, 0.1) is 12.9 Å². The standard InChI is InChI=1S/C17H17BrN2O7S/c1-9-8-28(24,25)16-13(15(22)20(16)14(9)17(23)26-2)19-12(21)7-27-11-5-3-10(18)4-6-11/h3-6,13,16H,7-8H2,1-2H3,(H,19,21)/t13-,16-/m1/s1. The van der Waals surface area contributed by atoms with E-state index in [0.717, 1.165) is 16.5 Å². The number of esters is 1. The van der Waals surface area contributed by atoms with Crippen LogP contribution < -0.4 is 10.1 Å². The topological polar surface area (TPSA) is 119 Å². The number of ether oxygens (including phenoxy) is 2. The summed E-state index contributed by atoms with van der Waals surface area (Å²) in [6.45, 7) is 1.06. The summed E-state index contributed by atoms with van der Waals surface area (Å²) in [6.07, 6.45) is 0. The second-order valence-electron chi connectivity index (χ2n) is 6.31. The van der Waals surface area contributed by atoms with Crippen LogP contribution in [0, 0.1) is 0 Å². The number of carbonyl (C=O) groups is 3. The van der Waals surface area contributed by atoms with E-state index in [0.29, 0.717) is 5.75 Å². The highest BCUT2D eigenvalue weighted by molar-refractivity contribution is 9.10. The van der Waals surface area contributed by atoms with Crippen molar-refractivity contribution in [2.75, 3.05) is 19.5 Å². The van der Waals surface area contributed by atoms with Crippen molar-refractivity contribution in [2.24, 2.45) is 0 Å². The lowest BCUT2D eigenvalue weighted by Crippen LogP contribution is -2.75. The van der Waals surface area contributed by atoms with E-state index in [1.54, 1.807) is 24.3 Å². The number of nitrogens with one attached hydrogen (secondary N) is 1. The lowest BCUT2D eigenvalue weighted by Gasteiger charge is -2.48. The summed E-state index contributed by atoms with van der Waals surface area (Å²) in [7, 11) is -2.63. The maximum absolute atomic E-state index is 12.5. The summed E-state index contributed by atoms with van der Waals surface area (Å²) in [6, 6.07) is 5.49. The Bertz CT molecular complexity index is 972. The van der Waals surface area contributed by atoms with E-state index in [2.05, 4.69) is 26.0 Å². The summed E-state index contributed by atoms with van der Waals surface area (Å²) in [4.78, 5) is 37.4. The van der Waals surface area contributed by atoms with Crippen LogP contribution in [-0.4, -0.2) is 62.0 Å². The Morgan fingerprint density at radius 3 is 2.54 bits per heavy atom. The molecule has 2 aliphatic heterocycles. The highest BCUT2D eigenvalue weighted by Gasteiger charge is 2.60. The van der Waals surface area contributed by atoms with Crippen molar-refractivity contribution in [3.05, 3.63) is 40.0 Å². The second-order valence-corrected chi connectivity index (χ2v) is 9.33. The molecular formula is C17H17BrN2O7S. The van der Waals surface area contributed by atoms with Gasteiger partial charge in [-0.15, -0.1) is 0 Å². The van der Waals surface area contributed by atoms with Gasteiger partial charge in [0.1, 0.15) is 17.5 Å². The lowest BCUT2D eigenvalue weighted by molar-refractivity contribution is -0.152. The van der Waals surface area contributed by atoms with Crippen LogP contribution in [0.2, 0.25) is 0 Å². The van der Waals surface area contributed by atoms with Crippen LogP contribution >= 0.6 is 15.9 Å². The minimum Gasteiger partial charge on any atom is -0.484 e. The van der Waals surface area contributed by atoms with E-state index in [1.807, 2.05) is 0 Å². The van der Waals surface area contributed by atoms with E-state index in [4.69, 9.17) is 4.74 Å². The van der Waals surface area contributed by atoms with Crippen molar-refractivity contribution in [2.45, 2.75) is 18.3 Å². The minimum absolute atomic E-state index is 0.0936. The Morgan fingerprint density at radius 1 is 1.29 bits per heavy atom. The summed E-state index contributed by atoms with van der Waals surface area (Å²) in [5.41, 5.74) is 0.128. The number of nitrogens with zero attached hydrogens (tertiary/aromatic N) is 1. The Morgan fingerprint density at radius 2 is 1.93 bits per heavy atom. The molecule has 9 nitrogen and oxygen atoms in total. The molecule has 1 aromatic rings. The van der Waals surface area contributed by atoms with Crippen LogP contribution in [-0.2, 0) is 29.0 Å². The number of rotatable bonds is 5. The monoisotopic (exact) mass is 472 g/mol. The molecule has 0 aliphatic carbocycles. The van der Waals surface area contributed by atoms with Crippen LogP contribution in [0.15, 0.2) is 40.0 Å². The Balaban J connectivity index is 1.71. The number of carbonyl (C=O) groups excluding carboxylic acids is 3. The highest BCUT2D eigenvalue weighted by atomic mass is 79.9. The van der Waals surface area contributed by atoms with E-state index in [1.165, 1.54) is 6.92 Å². The number of fused-ring (bicyclic) bond motifs is 1. The molecular weight excluding hydrogens is 456 g/mol. The summed E-state index contributed by atoms with van der Waals surface area (Å²) in [5, 5.41) is 1.04. The zero-order valence-electron chi connectivity index (χ0n) is 15.0. The molecule has 0 unspecified atom stereocenters. The quantitative estimate of drug-likeness (QED) is 0.485. The van der Waals surface area contributed by atoms with E-state index in [-0.39, 0.29) is 11.3 Å². The van der Waals surface area contributed by atoms with Crippen molar-refractivity contribution >= 4 is 43.6 Å². The molecule has 2 aliphatic rings. The van der Waals surface area contributed by atoms with Gasteiger partial charge >= 0.3 is 5.97 Å². The first-order chi connectivity index (χ1) is 13.2. The molecule has 1 fully saturated rings. The van der Waals surface area contributed by atoms with Gasteiger partial charge in [-0.25, -0.2) is 13.2 Å². The van der Waals surface area contributed by atoms with Crippen molar-refractivity contribution in [1.29, 1.82) is 0 Å². The van der Waals surface area contributed by atoms with Crippen LogP contribution in [0.25, 0.3) is 0 Å². The van der Waals surface area contributed by atoms with Crippen LogP contribution in [0.4, 0.5) is 0 Å². The average Bonchev–Trinajstić information content (AvgIpc) is 2.64. The number of benzene rings is 1. The predicted octanol–water partition coefficient (Wildman–Crippen LogP) is 0.356. The molecule has 1 aromatic carbocycles. The fraction of sp³-hybridized carbons (Fsp3) is 0.353. The SMILES string of the molecule is COC(=O)C1=C(C)CS(=O)(=O)[C@@H]2[C@H](NC(=O)COc3ccc(Br)cc3)C(=O)N12. The number of β-lactam (4-membered cyclic amide) rings is 1. The summed E-state index contributed by atoms with van der Waals surface area (Å²) < 4.78 is 35.8. The van der Waals surface area contributed by atoms with Crippen LogP contribution in [0.1, 0.15) is 6.92 Å². The molecule has 2 heterocycles. The van der Waals surface area contributed by atoms with Crippen molar-refractivity contribution < 1.29 is 32.3 Å². The van der Waals surface area contributed by atoms with Gasteiger partial charge in [0.25, 0.3) is 11.8 Å². The van der Waals surface area contributed by atoms with Crippen molar-refractivity contribution in [3.63, 3.8) is 0 Å². The van der Waals surface area contributed by atoms with Crippen LogP contribution in [0.3, 0.4) is 0 Å². The predicted molar refractivity (Wildman–Crippen MR) is 101 cm³/mol. The molecule has 28 heavy (non-hydrogen) atoms. The first-order valence-corrected chi connectivity index (χ1v) is 10.7. The van der Waals surface area contributed by atoms with E-state index in [9.17, 15) is 22.8 Å². The minimum atomic E-state index is -3.77. The fourth-order valence-electron chi connectivity index (χ4n) is 3.13. The Kier molecular flexibility index (Phi) is 5.48. The zero-order valence-corrected chi connectivity index (χ0v) is 17.4. The number of sulfone groups is 1. The van der Waals surface area contributed by atoms with Gasteiger partial charge in [-0.05, 0) is 36.8 Å². The highest BCUT2D eigenvalue weighted by Crippen LogP contribution is 2.36. The van der Waals surface area contributed by atoms with Crippen molar-refractivity contribution in [3.8, 4) is 5.75 Å². The number of halogens is 1. The third kappa shape index (κ3) is 3.63. The molecule has 11 heteroatoms. The number of amides is 2. The van der Waals surface area contributed by atoms with Crippen molar-refractivity contribution in [1.82, 2.24) is 10.2 Å². The zero-order chi connectivity index (χ0) is 20.6. The molecule has 150 valence electrons. The van der Waals surface area contributed by atoms with Gasteiger partial charge in [-0.2, -0.15) is 0 Å². The second kappa shape index (κ2) is 7.55. The molecule has 0 radical (unpaired) electrons. The van der Waals surface area contributed by atoms with Gasteiger partial charge in [-0.3, -0.25) is 14.5 Å². The molecule has 0 saturated carbocycles. The summed E-state index contributed by atoms with van der Waals surface area (Å²) in [5.74, 6) is -2.09. The maximum atomic E-state index is 12.5. The molecule has 1 N–H and O–H groups in total. The smallest absolute Gasteiger partial charge is 0.354 e. The molecule has 0 spiro atoms.